The molecule has 0 aromatic heterocycles. The Hall–Kier alpha value is -1.28. The standard InChI is InChI=1S/C14H18F3NO3S/c1-22(20,21)12-4-2-11(3-5-12)18-8-6-10(7-9-18)13(19)14(15,16)17/h2-5,10,13,19H,6-9H2,1H3. The van der Waals surface area contributed by atoms with Crippen LogP contribution in [0.25, 0.3) is 0 Å². The van der Waals surface area contributed by atoms with Crippen molar-refractivity contribution in [1.82, 2.24) is 0 Å². The summed E-state index contributed by atoms with van der Waals surface area (Å²) in [7, 11) is -3.26. The monoisotopic (exact) mass is 337 g/mol. The lowest BCUT2D eigenvalue weighted by molar-refractivity contribution is -0.221. The van der Waals surface area contributed by atoms with Crippen molar-refractivity contribution in [3.8, 4) is 0 Å². The number of halogens is 3. The fourth-order valence-corrected chi connectivity index (χ4v) is 3.28. The van der Waals surface area contributed by atoms with Crippen molar-refractivity contribution >= 4 is 15.5 Å². The second-order valence-corrected chi connectivity index (χ2v) is 7.59. The molecule has 0 saturated carbocycles. The van der Waals surface area contributed by atoms with E-state index in [1.807, 2.05) is 4.90 Å². The molecule has 0 aliphatic carbocycles. The Labute approximate surface area is 127 Å². The average Bonchev–Trinajstić information content (AvgIpc) is 2.45. The highest BCUT2D eigenvalue weighted by molar-refractivity contribution is 7.90. The molecule has 0 radical (unpaired) electrons. The van der Waals surface area contributed by atoms with E-state index in [1.165, 1.54) is 12.1 Å². The molecule has 1 unspecified atom stereocenters. The van der Waals surface area contributed by atoms with E-state index >= 15 is 0 Å². The summed E-state index contributed by atoms with van der Waals surface area (Å²) in [4.78, 5) is 2.10. The van der Waals surface area contributed by atoms with Crippen LogP contribution in [0, 0.1) is 5.92 Å². The van der Waals surface area contributed by atoms with Crippen LogP contribution in [0.4, 0.5) is 18.9 Å². The molecule has 1 aliphatic heterocycles. The van der Waals surface area contributed by atoms with Gasteiger partial charge in [0.05, 0.1) is 4.90 Å². The van der Waals surface area contributed by atoms with E-state index in [9.17, 15) is 26.7 Å². The predicted molar refractivity (Wildman–Crippen MR) is 76.6 cm³/mol. The van der Waals surface area contributed by atoms with Crippen LogP contribution >= 0.6 is 0 Å². The van der Waals surface area contributed by atoms with Gasteiger partial charge < -0.3 is 10.0 Å². The molecule has 1 N–H and O–H groups in total. The van der Waals surface area contributed by atoms with Gasteiger partial charge >= 0.3 is 6.18 Å². The van der Waals surface area contributed by atoms with Gasteiger partial charge in [-0.1, -0.05) is 0 Å². The van der Waals surface area contributed by atoms with Crippen molar-refractivity contribution < 1.29 is 26.7 Å². The minimum atomic E-state index is -4.58. The molecule has 124 valence electrons. The van der Waals surface area contributed by atoms with Gasteiger partial charge in [-0.2, -0.15) is 13.2 Å². The first-order valence-corrected chi connectivity index (χ1v) is 8.78. The van der Waals surface area contributed by atoms with Gasteiger partial charge in [-0.15, -0.1) is 0 Å². The Bertz CT molecular complexity index is 605. The van der Waals surface area contributed by atoms with Crippen LogP contribution in [-0.4, -0.2) is 45.1 Å². The van der Waals surface area contributed by atoms with Crippen LogP contribution in [0.15, 0.2) is 29.2 Å². The van der Waals surface area contributed by atoms with E-state index in [4.69, 9.17) is 0 Å². The molecular weight excluding hydrogens is 319 g/mol. The third-order valence-corrected chi connectivity index (χ3v) is 5.08. The average molecular weight is 337 g/mol. The smallest absolute Gasteiger partial charge is 0.383 e. The third kappa shape index (κ3) is 3.92. The van der Waals surface area contributed by atoms with Crippen LogP contribution in [0.3, 0.4) is 0 Å². The zero-order chi connectivity index (χ0) is 16.5. The van der Waals surface area contributed by atoms with Crippen molar-refractivity contribution in [2.24, 2.45) is 5.92 Å². The molecule has 2 rings (SSSR count). The first-order chi connectivity index (χ1) is 10.1. The first kappa shape index (κ1) is 17.1. The number of nitrogens with zero attached hydrogens (tertiary/aromatic N) is 1. The number of sulfone groups is 1. The summed E-state index contributed by atoms with van der Waals surface area (Å²) in [5.41, 5.74) is 0.771. The van der Waals surface area contributed by atoms with Gasteiger partial charge in [0.15, 0.2) is 15.9 Å². The maximum Gasteiger partial charge on any atom is 0.414 e. The number of hydrogen-bond donors (Lipinski definition) is 1. The number of alkyl halides is 3. The number of rotatable bonds is 3. The summed E-state index contributed by atoms with van der Waals surface area (Å²) in [6.45, 7) is 0.798. The lowest BCUT2D eigenvalue weighted by atomic mass is 9.90. The van der Waals surface area contributed by atoms with Crippen molar-refractivity contribution in [3.63, 3.8) is 0 Å². The Morgan fingerprint density at radius 3 is 2.09 bits per heavy atom. The summed E-state index contributed by atoms with van der Waals surface area (Å²) in [6.07, 6.45) is -5.25. The quantitative estimate of drug-likeness (QED) is 0.919. The Morgan fingerprint density at radius 1 is 1.18 bits per heavy atom. The third-order valence-electron chi connectivity index (χ3n) is 3.95. The van der Waals surface area contributed by atoms with E-state index in [-0.39, 0.29) is 17.7 Å². The second kappa shape index (κ2) is 6.08. The van der Waals surface area contributed by atoms with Gasteiger partial charge in [0.2, 0.25) is 0 Å². The molecule has 1 aromatic carbocycles. The molecule has 1 saturated heterocycles. The maximum absolute atomic E-state index is 12.5. The number of aliphatic hydroxyl groups is 1. The summed E-state index contributed by atoms with van der Waals surface area (Å²) in [6, 6.07) is 6.27. The molecule has 4 nitrogen and oxygen atoms in total. The molecule has 1 atom stereocenters. The molecule has 0 amide bonds. The maximum atomic E-state index is 12.5. The van der Waals surface area contributed by atoms with Crippen LogP contribution in [0.5, 0.6) is 0 Å². The lowest BCUT2D eigenvalue weighted by Crippen LogP contribution is -2.43. The Kier molecular flexibility index (Phi) is 4.72. The molecule has 1 fully saturated rings. The molecule has 0 spiro atoms. The van der Waals surface area contributed by atoms with Crippen molar-refractivity contribution in [2.75, 3.05) is 24.2 Å². The highest BCUT2D eigenvalue weighted by Crippen LogP contribution is 2.33. The van der Waals surface area contributed by atoms with Crippen LogP contribution < -0.4 is 4.90 Å². The Morgan fingerprint density at radius 2 is 1.68 bits per heavy atom. The predicted octanol–water partition coefficient (Wildman–Crippen LogP) is 2.23. The SMILES string of the molecule is CS(=O)(=O)c1ccc(N2CCC(C(O)C(F)(F)F)CC2)cc1. The fourth-order valence-electron chi connectivity index (χ4n) is 2.64. The summed E-state index contributed by atoms with van der Waals surface area (Å²) in [5, 5.41) is 9.28. The summed E-state index contributed by atoms with van der Waals surface area (Å²) >= 11 is 0. The van der Waals surface area contributed by atoms with Crippen molar-refractivity contribution in [1.29, 1.82) is 0 Å². The van der Waals surface area contributed by atoms with Crippen molar-refractivity contribution in [2.45, 2.75) is 30.0 Å². The van der Waals surface area contributed by atoms with Gasteiger partial charge in [-0.25, -0.2) is 8.42 Å². The highest BCUT2D eigenvalue weighted by Gasteiger charge is 2.44. The van der Waals surface area contributed by atoms with Gasteiger partial charge in [0.1, 0.15) is 0 Å². The topological polar surface area (TPSA) is 57.6 Å². The second-order valence-electron chi connectivity index (χ2n) is 5.58. The number of piperidine rings is 1. The molecular formula is C14H18F3NO3S. The van der Waals surface area contributed by atoms with E-state index in [0.29, 0.717) is 13.1 Å². The van der Waals surface area contributed by atoms with Crippen LogP contribution in [0.2, 0.25) is 0 Å². The normalized spacial score (nSPS) is 19.2. The molecule has 1 aliphatic rings. The van der Waals surface area contributed by atoms with E-state index in [1.54, 1.807) is 12.1 Å². The van der Waals surface area contributed by atoms with Crippen LogP contribution in [-0.2, 0) is 9.84 Å². The largest absolute Gasteiger partial charge is 0.414 e. The summed E-state index contributed by atoms with van der Waals surface area (Å²) < 4.78 is 60.2. The fraction of sp³-hybridized carbons (Fsp3) is 0.571. The number of aliphatic hydroxyl groups excluding tert-OH is 1. The first-order valence-electron chi connectivity index (χ1n) is 6.89. The molecule has 1 aromatic rings. The number of benzene rings is 1. The molecule has 8 heteroatoms. The van der Waals surface area contributed by atoms with E-state index < -0.39 is 28.0 Å². The van der Waals surface area contributed by atoms with E-state index in [0.717, 1.165) is 11.9 Å². The molecule has 0 bridgehead atoms. The van der Waals surface area contributed by atoms with Gasteiger partial charge in [-0.05, 0) is 43.0 Å². The van der Waals surface area contributed by atoms with Crippen molar-refractivity contribution in [3.05, 3.63) is 24.3 Å². The zero-order valence-corrected chi connectivity index (χ0v) is 12.9. The number of hydrogen-bond acceptors (Lipinski definition) is 4. The van der Waals surface area contributed by atoms with Gasteiger partial charge in [0, 0.05) is 25.0 Å². The molecule has 1 heterocycles. The van der Waals surface area contributed by atoms with Crippen LogP contribution in [0.1, 0.15) is 12.8 Å². The minimum Gasteiger partial charge on any atom is -0.383 e. The summed E-state index contributed by atoms with van der Waals surface area (Å²) in [5.74, 6) is -0.786. The zero-order valence-electron chi connectivity index (χ0n) is 12.0. The van der Waals surface area contributed by atoms with Gasteiger partial charge in [0.25, 0.3) is 0 Å². The van der Waals surface area contributed by atoms with Gasteiger partial charge in [-0.3, -0.25) is 0 Å². The lowest BCUT2D eigenvalue weighted by Gasteiger charge is -2.36. The molecule has 22 heavy (non-hydrogen) atoms. The van der Waals surface area contributed by atoms with E-state index in [2.05, 4.69) is 0 Å². The number of anilines is 1. The Balaban J connectivity index is 2.00. The minimum absolute atomic E-state index is 0.207. The highest BCUT2D eigenvalue weighted by atomic mass is 32.2.